The van der Waals surface area contributed by atoms with E-state index in [4.69, 9.17) is 0 Å². The Kier molecular flexibility index (Phi) is 6.71. The summed E-state index contributed by atoms with van der Waals surface area (Å²) in [6, 6.07) is 7.25. The lowest BCUT2D eigenvalue weighted by Crippen LogP contribution is -2.47. The minimum atomic E-state index is -4.99. The van der Waals surface area contributed by atoms with Crippen LogP contribution in [0.5, 0.6) is 0 Å². The number of halogens is 6. The molecule has 3 N–H and O–H groups in total. The van der Waals surface area contributed by atoms with Crippen LogP contribution in [-0.2, 0) is 34.9 Å². The standard InChI is InChI=1S/C22H19F6N3O2/c1-12(32)31-19(8-14-11-29-18-5-3-2-4-17(14)18)20(33)30-10-13-6-15(21(23,24)25)9-16(7-13)22(26,27)28/h2-7,9,11,19,29H,8,10H2,1H3,(H,30,33)(H,31,32). The number of aromatic nitrogens is 1. The summed E-state index contributed by atoms with van der Waals surface area (Å²) in [7, 11) is 0. The fraction of sp³-hybridized carbons (Fsp3) is 0.273. The number of fused-ring (bicyclic) bond motifs is 1. The smallest absolute Gasteiger partial charge is 0.361 e. The number of hydrogen-bond donors (Lipinski definition) is 3. The molecule has 5 nitrogen and oxygen atoms in total. The van der Waals surface area contributed by atoms with Crippen LogP contribution in [-0.4, -0.2) is 22.8 Å². The molecule has 0 saturated heterocycles. The average Bonchev–Trinajstić information content (AvgIpc) is 3.12. The fourth-order valence-corrected chi connectivity index (χ4v) is 3.41. The molecule has 1 unspecified atom stereocenters. The summed E-state index contributed by atoms with van der Waals surface area (Å²) in [5.41, 5.74) is -1.81. The summed E-state index contributed by atoms with van der Waals surface area (Å²) in [6.45, 7) is 0.605. The van der Waals surface area contributed by atoms with Crippen LogP contribution in [0.4, 0.5) is 26.3 Å². The van der Waals surface area contributed by atoms with Gasteiger partial charge in [0.15, 0.2) is 0 Å². The van der Waals surface area contributed by atoms with Crippen molar-refractivity contribution < 1.29 is 35.9 Å². The summed E-state index contributed by atoms with van der Waals surface area (Å²) in [5, 5.41) is 5.60. The second-order valence-corrected chi connectivity index (χ2v) is 7.45. The number of carbonyl (C=O) groups is 2. The maximum Gasteiger partial charge on any atom is 0.416 e. The van der Waals surface area contributed by atoms with Crippen molar-refractivity contribution >= 4 is 22.7 Å². The van der Waals surface area contributed by atoms with Crippen molar-refractivity contribution in [3.63, 3.8) is 0 Å². The summed E-state index contributed by atoms with van der Waals surface area (Å²) in [6.07, 6.45) is -8.26. The maximum atomic E-state index is 13.0. The van der Waals surface area contributed by atoms with E-state index in [1.807, 2.05) is 18.2 Å². The van der Waals surface area contributed by atoms with Gasteiger partial charge in [-0.15, -0.1) is 0 Å². The van der Waals surface area contributed by atoms with E-state index in [0.29, 0.717) is 17.7 Å². The molecule has 3 rings (SSSR count). The zero-order valence-electron chi connectivity index (χ0n) is 17.2. The number of rotatable bonds is 6. The van der Waals surface area contributed by atoms with Gasteiger partial charge in [-0.25, -0.2) is 0 Å². The van der Waals surface area contributed by atoms with Crippen molar-refractivity contribution in [1.82, 2.24) is 15.6 Å². The molecule has 0 aliphatic heterocycles. The highest BCUT2D eigenvalue weighted by molar-refractivity contribution is 5.89. The van der Waals surface area contributed by atoms with E-state index in [1.54, 1.807) is 12.3 Å². The Labute approximate surface area is 184 Å². The molecule has 1 aromatic heterocycles. The van der Waals surface area contributed by atoms with Gasteiger partial charge in [0.1, 0.15) is 6.04 Å². The van der Waals surface area contributed by atoms with Crippen LogP contribution in [0.1, 0.15) is 29.2 Å². The van der Waals surface area contributed by atoms with Crippen LogP contribution in [0.2, 0.25) is 0 Å². The van der Waals surface area contributed by atoms with Crippen molar-refractivity contribution in [1.29, 1.82) is 0 Å². The highest BCUT2D eigenvalue weighted by atomic mass is 19.4. The van der Waals surface area contributed by atoms with E-state index in [-0.39, 0.29) is 18.1 Å². The van der Waals surface area contributed by atoms with Gasteiger partial charge in [0.25, 0.3) is 0 Å². The van der Waals surface area contributed by atoms with Gasteiger partial charge in [0.05, 0.1) is 11.1 Å². The van der Waals surface area contributed by atoms with Gasteiger partial charge in [0.2, 0.25) is 11.8 Å². The molecular weight excluding hydrogens is 452 g/mol. The Balaban J connectivity index is 1.81. The van der Waals surface area contributed by atoms with Gasteiger partial charge >= 0.3 is 12.4 Å². The third kappa shape index (κ3) is 6.05. The maximum absolute atomic E-state index is 13.0. The Bertz CT molecular complexity index is 1130. The molecule has 2 aromatic carbocycles. The molecule has 11 heteroatoms. The lowest BCUT2D eigenvalue weighted by molar-refractivity contribution is -0.143. The van der Waals surface area contributed by atoms with Gasteiger partial charge < -0.3 is 15.6 Å². The number of alkyl halides is 6. The van der Waals surface area contributed by atoms with Crippen molar-refractivity contribution in [2.75, 3.05) is 0 Å². The van der Waals surface area contributed by atoms with Crippen molar-refractivity contribution in [2.45, 2.75) is 38.3 Å². The number of H-pyrrole nitrogens is 1. The second kappa shape index (κ2) is 9.16. The number of hydrogen-bond acceptors (Lipinski definition) is 2. The molecule has 0 aliphatic carbocycles. The van der Waals surface area contributed by atoms with Gasteiger partial charge in [-0.3, -0.25) is 9.59 Å². The highest BCUT2D eigenvalue weighted by Crippen LogP contribution is 2.36. The lowest BCUT2D eigenvalue weighted by Gasteiger charge is -2.18. The molecule has 0 fully saturated rings. The third-order valence-electron chi connectivity index (χ3n) is 4.91. The van der Waals surface area contributed by atoms with Crippen molar-refractivity contribution in [3.05, 3.63) is 70.9 Å². The molecule has 1 heterocycles. The number of amides is 2. The van der Waals surface area contributed by atoms with Gasteiger partial charge in [-0.05, 0) is 35.4 Å². The molecule has 0 saturated carbocycles. The molecule has 0 spiro atoms. The van der Waals surface area contributed by atoms with Crippen molar-refractivity contribution in [3.8, 4) is 0 Å². The summed E-state index contributed by atoms with van der Waals surface area (Å²) in [4.78, 5) is 27.3. The lowest BCUT2D eigenvalue weighted by atomic mass is 10.0. The number of benzene rings is 2. The molecule has 1 atom stereocenters. The zero-order chi connectivity index (χ0) is 24.4. The first-order valence-electron chi connectivity index (χ1n) is 9.73. The summed E-state index contributed by atoms with van der Waals surface area (Å²) in [5.74, 6) is -1.27. The van der Waals surface area contributed by atoms with E-state index in [1.165, 1.54) is 6.92 Å². The quantitative estimate of drug-likeness (QED) is 0.461. The van der Waals surface area contributed by atoms with Crippen LogP contribution in [0.25, 0.3) is 10.9 Å². The Morgan fingerprint density at radius 2 is 1.58 bits per heavy atom. The predicted molar refractivity (Wildman–Crippen MR) is 108 cm³/mol. The minimum absolute atomic E-state index is 0.0163. The molecule has 0 radical (unpaired) electrons. The predicted octanol–water partition coefficient (Wildman–Crippen LogP) is 4.57. The monoisotopic (exact) mass is 471 g/mol. The van der Waals surface area contributed by atoms with E-state index >= 15 is 0 Å². The number of carbonyl (C=O) groups excluding carboxylic acids is 2. The fourth-order valence-electron chi connectivity index (χ4n) is 3.41. The first-order valence-corrected chi connectivity index (χ1v) is 9.73. The zero-order valence-corrected chi connectivity index (χ0v) is 17.2. The number of aromatic amines is 1. The van der Waals surface area contributed by atoms with Gasteiger partial charge in [0, 0.05) is 37.0 Å². The normalized spacial score (nSPS) is 13.1. The van der Waals surface area contributed by atoms with Crippen LogP contribution in [0, 0.1) is 0 Å². The second-order valence-electron chi connectivity index (χ2n) is 7.45. The average molecular weight is 471 g/mol. The molecule has 2 amide bonds. The Hall–Kier alpha value is -3.50. The van der Waals surface area contributed by atoms with Crippen LogP contribution >= 0.6 is 0 Å². The Morgan fingerprint density at radius 1 is 0.970 bits per heavy atom. The SMILES string of the molecule is CC(=O)NC(Cc1c[nH]c2ccccc12)C(=O)NCc1cc(C(F)(F)F)cc(C(F)(F)F)c1. The van der Waals surface area contributed by atoms with Gasteiger partial charge in [-0.2, -0.15) is 26.3 Å². The number of para-hydroxylation sites is 1. The molecule has 176 valence electrons. The molecule has 0 aliphatic rings. The molecular formula is C22H19F6N3O2. The summed E-state index contributed by atoms with van der Waals surface area (Å²) < 4.78 is 78.2. The van der Waals surface area contributed by atoms with Crippen molar-refractivity contribution in [2.24, 2.45) is 0 Å². The molecule has 3 aromatic rings. The van der Waals surface area contributed by atoms with E-state index in [2.05, 4.69) is 15.6 Å². The first kappa shape index (κ1) is 24.1. The van der Waals surface area contributed by atoms with E-state index in [0.717, 1.165) is 10.9 Å². The molecule has 33 heavy (non-hydrogen) atoms. The first-order chi connectivity index (χ1) is 15.3. The molecule has 0 bridgehead atoms. The van der Waals surface area contributed by atoms with E-state index in [9.17, 15) is 35.9 Å². The van der Waals surface area contributed by atoms with Crippen LogP contribution in [0.3, 0.4) is 0 Å². The topological polar surface area (TPSA) is 74.0 Å². The summed E-state index contributed by atoms with van der Waals surface area (Å²) >= 11 is 0. The van der Waals surface area contributed by atoms with Crippen LogP contribution < -0.4 is 10.6 Å². The largest absolute Gasteiger partial charge is 0.416 e. The Morgan fingerprint density at radius 3 is 2.15 bits per heavy atom. The number of nitrogens with one attached hydrogen (secondary N) is 3. The van der Waals surface area contributed by atoms with Crippen LogP contribution in [0.15, 0.2) is 48.7 Å². The highest BCUT2D eigenvalue weighted by Gasteiger charge is 2.37. The van der Waals surface area contributed by atoms with E-state index < -0.39 is 47.9 Å². The van der Waals surface area contributed by atoms with Gasteiger partial charge in [-0.1, -0.05) is 18.2 Å². The minimum Gasteiger partial charge on any atom is -0.361 e. The third-order valence-corrected chi connectivity index (χ3v) is 4.91.